The smallest absolute Gasteiger partial charge is 0.313 e. The predicted octanol–water partition coefficient (Wildman–Crippen LogP) is 1.70. The molecule has 98 valence electrons. The fourth-order valence-corrected chi connectivity index (χ4v) is 2.77. The molecule has 0 aliphatic carbocycles. The third-order valence-corrected chi connectivity index (χ3v) is 4.19. The van der Waals surface area contributed by atoms with Crippen molar-refractivity contribution >= 4 is 23.6 Å². The van der Waals surface area contributed by atoms with E-state index in [0.717, 1.165) is 31.8 Å². The minimum absolute atomic E-state index is 0.00813. The molecule has 0 unspecified atom stereocenters. The maximum atomic E-state index is 11.8. The van der Waals surface area contributed by atoms with Gasteiger partial charge >= 0.3 is 5.97 Å². The van der Waals surface area contributed by atoms with Crippen LogP contribution >= 0.6 is 11.8 Å². The number of rotatable bonds is 5. The number of piperidine rings is 1. The van der Waals surface area contributed by atoms with Crippen LogP contribution in [0.4, 0.5) is 0 Å². The summed E-state index contributed by atoms with van der Waals surface area (Å²) in [6, 6.07) is 0. The van der Waals surface area contributed by atoms with E-state index in [0.29, 0.717) is 11.7 Å². The summed E-state index contributed by atoms with van der Waals surface area (Å²) in [5.74, 6) is 0.937. The third-order valence-electron chi connectivity index (χ3n) is 3.29. The minimum atomic E-state index is -0.860. The highest BCUT2D eigenvalue weighted by atomic mass is 32.2. The number of carboxylic acid groups (broad SMARTS) is 1. The number of carboxylic acids is 1. The first-order valence-corrected chi connectivity index (χ1v) is 7.23. The number of hydrogen-bond donors (Lipinski definition) is 1. The number of nitrogens with zero attached hydrogens (tertiary/aromatic N) is 1. The highest BCUT2D eigenvalue weighted by Gasteiger charge is 2.24. The van der Waals surface area contributed by atoms with E-state index in [1.165, 1.54) is 11.8 Å². The van der Waals surface area contributed by atoms with E-state index in [2.05, 4.69) is 13.8 Å². The molecule has 0 bridgehead atoms. The van der Waals surface area contributed by atoms with Gasteiger partial charge in [0.25, 0.3) is 0 Å². The second-order valence-corrected chi connectivity index (χ2v) is 5.83. The standard InChI is InChI=1S/C12H21NO3S/c1-9(2)10-3-5-13(6-4-10)11(14)7-17-8-12(15)16/h9-10H,3-8H2,1-2H3,(H,15,16). The van der Waals surface area contributed by atoms with Crippen LogP contribution in [0.15, 0.2) is 0 Å². The number of thioether (sulfide) groups is 1. The van der Waals surface area contributed by atoms with E-state index in [1.807, 2.05) is 4.90 Å². The van der Waals surface area contributed by atoms with Crippen molar-refractivity contribution in [3.05, 3.63) is 0 Å². The van der Waals surface area contributed by atoms with Crippen LogP contribution in [0.2, 0.25) is 0 Å². The monoisotopic (exact) mass is 259 g/mol. The van der Waals surface area contributed by atoms with Crippen LogP contribution in [-0.2, 0) is 9.59 Å². The summed E-state index contributed by atoms with van der Waals surface area (Å²) in [6.07, 6.45) is 2.15. The summed E-state index contributed by atoms with van der Waals surface area (Å²) in [7, 11) is 0. The van der Waals surface area contributed by atoms with Crippen LogP contribution < -0.4 is 0 Å². The molecule has 0 spiro atoms. The predicted molar refractivity (Wildman–Crippen MR) is 69.1 cm³/mol. The molecule has 0 aromatic heterocycles. The molecule has 0 radical (unpaired) electrons. The zero-order valence-corrected chi connectivity index (χ0v) is 11.3. The molecule has 1 aliphatic heterocycles. The lowest BCUT2D eigenvalue weighted by Crippen LogP contribution is -2.40. The van der Waals surface area contributed by atoms with Crippen molar-refractivity contribution in [1.29, 1.82) is 0 Å². The maximum absolute atomic E-state index is 11.8. The zero-order valence-electron chi connectivity index (χ0n) is 10.5. The van der Waals surface area contributed by atoms with Crippen molar-refractivity contribution in [2.45, 2.75) is 26.7 Å². The van der Waals surface area contributed by atoms with Crippen molar-refractivity contribution in [3.63, 3.8) is 0 Å². The Hall–Kier alpha value is -0.710. The van der Waals surface area contributed by atoms with Gasteiger partial charge in [-0.1, -0.05) is 13.8 Å². The number of likely N-dealkylation sites (tertiary alicyclic amines) is 1. The molecular formula is C12H21NO3S. The summed E-state index contributed by atoms with van der Waals surface area (Å²) in [5, 5.41) is 8.49. The SMILES string of the molecule is CC(C)C1CCN(C(=O)CSCC(=O)O)CC1. The quantitative estimate of drug-likeness (QED) is 0.816. The summed E-state index contributed by atoms with van der Waals surface area (Å²) < 4.78 is 0. The Labute approximate surface area is 107 Å². The average Bonchev–Trinajstić information content (AvgIpc) is 2.28. The van der Waals surface area contributed by atoms with E-state index in [4.69, 9.17) is 5.11 Å². The number of hydrogen-bond acceptors (Lipinski definition) is 3. The molecule has 0 aromatic carbocycles. The van der Waals surface area contributed by atoms with Crippen LogP contribution in [0, 0.1) is 11.8 Å². The molecule has 17 heavy (non-hydrogen) atoms. The second kappa shape index (κ2) is 6.89. The number of amides is 1. The fourth-order valence-electron chi connectivity index (χ4n) is 2.13. The molecule has 5 heteroatoms. The Balaban J connectivity index is 2.24. The average molecular weight is 259 g/mol. The molecular weight excluding hydrogens is 238 g/mol. The van der Waals surface area contributed by atoms with Gasteiger partial charge in [-0.25, -0.2) is 0 Å². The first kappa shape index (κ1) is 14.4. The highest BCUT2D eigenvalue weighted by molar-refractivity contribution is 8.00. The van der Waals surface area contributed by atoms with Crippen LogP contribution in [0.1, 0.15) is 26.7 Å². The first-order valence-electron chi connectivity index (χ1n) is 6.08. The molecule has 1 aliphatic rings. The summed E-state index contributed by atoms with van der Waals surface area (Å²) in [5.41, 5.74) is 0. The van der Waals surface area contributed by atoms with Gasteiger partial charge in [-0.05, 0) is 24.7 Å². The van der Waals surface area contributed by atoms with Crippen LogP contribution in [0.25, 0.3) is 0 Å². The number of aliphatic carboxylic acids is 1. The van der Waals surface area contributed by atoms with Crippen LogP contribution in [-0.4, -0.2) is 46.5 Å². The van der Waals surface area contributed by atoms with Gasteiger partial charge in [0.15, 0.2) is 0 Å². The molecule has 0 atom stereocenters. The van der Waals surface area contributed by atoms with Gasteiger partial charge in [0.1, 0.15) is 0 Å². The summed E-state index contributed by atoms with van der Waals surface area (Å²) >= 11 is 1.18. The third kappa shape index (κ3) is 4.98. The highest BCUT2D eigenvalue weighted by Crippen LogP contribution is 2.24. The lowest BCUT2D eigenvalue weighted by Gasteiger charge is -2.33. The number of carbonyl (C=O) groups is 2. The zero-order chi connectivity index (χ0) is 12.8. The number of carbonyl (C=O) groups excluding carboxylic acids is 1. The molecule has 0 saturated carbocycles. The second-order valence-electron chi connectivity index (χ2n) is 4.85. The van der Waals surface area contributed by atoms with Crippen molar-refractivity contribution in [3.8, 4) is 0 Å². The van der Waals surface area contributed by atoms with Gasteiger partial charge in [-0.3, -0.25) is 9.59 Å². The molecule has 0 aromatic rings. The molecule has 1 rings (SSSR count). The van der Waals surface area contributed by atoms with Crippen molar-refractivity contribution < 1.29 is 14.7 Å². The lowest BCUT2D eigenvalue weighted by atomic mass is 9.87. The van der Waals surface area contributed by atoms with E-state index in [1.54, 1.807) is 0 Å². The van der Waals surface area contributed by atoms with E-state index >= 15 is 0 Å². The Morgan fingerprint density at radius 3 is 2.35 bits per heavy atom. The maximum Gasteiger partial charge on any atom is 0.313 e. The van der Waals surface area contributed by atoms with Gasteiger partial charge in [0.05, 0.1) is 11.5 Å². The Kier molecular flexibility index (Phi) is 5.82. The van der Waals surface area contributed by atoms with Crippen molar-refractivity contribution in [2.75, 3.05) is 24.6 Å². The van der Waals surface area contributed by atoms with Crippen LogP contribution in [0.5, 0.6) is 0 Å². The van der Waals surface area contributed by atoms with Gasteiger partial charge < -0.3 is 10.0 Å². The van der Waals surface area contributed by atoms with Gasteiger partial charge in [-0.15, -0.1) is 11.8 Å². The normalized spacial score (nSPS) is 17.5. The molecule has 4 nitrogen and oxygen atoms in total. The summed E-state index contributed by atoms with van der Waals surface area (Å²) in [4.78, 5) is 24.0. The van der Waals surface area contributed by atoms with E-state index in [-0.39, 0.29) is 11.7 Å². The van der Waals surface area contributed by atoms with Gasteiger partial charge in [-0.2, -0.15) is 0 Å². The van der Waals surface area contributed by atoms with Crippen molar-refractivity contribution in [1.82, 2.24) is 4.90 Å². The fraction of sp³-hybridized carbons (Fsp3) is 0.833. The minimum Gasteiger partial charge on any atom is -0.481 e. The molecule has 1 amide bonds. The Morgan fingerprint density at radius 2 is 1.88 bits per heavy atom. The van der Waals surface area contributed by atoms with E-state index in [9.17, 15) is 9.59 Å². The molecule has 1 N–H and O–H groups in total. The Morgan fingerprint density at radius 1 is 1.29 bits per heavy atom. The molecule has 1 saturated heterocycles. The van der Waals surface area contributed by atoms with E-state index < -0.39 is 5.97 Å². The van der Waals surface area contributed by atoms with Gasteiger partial charge in [0.2, 0.25) is 5.91 Å². The first-order chi connectivity index (χ1) is 8.00. The van der Waals surface area contributed by atoms with Crippen molar-refractivity contribution in [2.24, 2.45) is 11.8 Å². The summed E-state index contributed by atoms with van der Waals surface area (Å²) in [6.45, 7) is 6.11. The van der Waals surface area contributed by atoms with Gasteiger partial charge in [0, 0.05) is 13.1 Å². The largest absolute Gasteiger partial charge is 0.481 e. The topological polar surface area (TPSA) is 57.6 Å². The lowest BCUT2D eigenvalue weighted by molar-refractivity contribution is -0.133. The molecule has 1 fully saturated rings. The molecule has 1 heterocycles. The van der Waals surface area contributed by atoms with Crippen LogP contribution in [0.3, 0.4) is 0 Å². The Bertz CT molecular complexity index is 273.